The summed E-state index contributed by atoms with van der Waals surface area (Å²) in [5, 5.41) is 3.10. The fourth-order valence-electron chi connectivity index (χ4n) is 1.78. The largest absolute Gasteiger partial charge is 0.384 e. The van der Waals surface area contributed by atoms with Crippen molar-refractivity contribution in [3.63, 3.8) is 0 Å². The summed E-state index contributed by atoms with van der Waals surface area (Å²) in [5.41, 5.74) is 1.81. The Bertz CT molecular complexity index is 511. The van der Waals surface area contributed by atoms with Gasteiger partial charge in [0.25, 0.3) is 0 Å². The maximum Gasteiger partial charge on any atom is 0.160 e. The summed E-state index contributed by atoms with van der Waals surface area (Å²) in [7, 11) is 0. The van der Waals surface area contributed by atoms with E-state index in [9.17, 15) is 8.78 Å². The number of halogens is 2. The molecule has 0 saturated carbocycles. The topological polar surface area (TPSA) is 12.0 Å². The first-order chi connectivity index (χ1) is 8.66. The summed E-state index contributed by atoms with van der Waals surface area (Å²) >= 11 is 0. The molecule has 1 atom stereocenters. The van der Waals surface area contributed by atoms with Crippen molar-refractivity contribution in [2.45, 2.75) is 12.8 Å². The molecule has 1 nitrogen and oxygen atoms in total. The molecule has 94 valence electrons. The first-order valence-electron chi connectivity index (χ1n) is 5.90. The Hall–Kier alpha value is -1.90. The third kappa shape index (κ3) is 3.06. The molecule has 0 amide bonds. The zero-order chi connectivity index (χ0) is 13.0. The van der Waals surface area contributed by atoms with Gasteiger partial charge in [0.2, 0.25) is 0 Å². The van der Waals surface area contributed by atoms with Gasteiger partial charge in [0.1, 0.15) is 0 Å². The zero-order valence-corrected chi connectivity index (χ0v) is 10.2. The molecule has 2 rings (SSSR count). The van der Waals surface area contributed by atoms with Gasteiger partial charge in [0.05, 0.1) is 0 Å². The highest BCUT2D eigenvalue weighted by Gasteiger charge is 2.06. The van der Waals surface area contributed by atoms with Crippen LogP contribution in [0.15, 0.2) is 48.5 Å². The second-order valence-corrected chi connectivity index (χ2v) is 4.32. The van der Waals surface area contributed by atoms with Gasteiger partial charge in [-0.15, -0.1) is 0 Å². The molecular weight excluding hydrogens is 232 g/mol. The van der Waals surface area contributed by atoms with Crippen LogP contribution < -0.4 is 5.32 Å². The van der Waals surface area contributed by atoms with Crippen LogP contribution in [0.5, 0.6) is 0 Å². The van der Waals surface area contributed by atoms with E-state index in [1.165, 1.54) is 17.7 Å². The normalized spacial score (nSPS) is 12.2. The molecule has 0 heterocycles. The highest BCUT2D eigenvalue weighted by atomic mass is 19.2. The van der Waals surface area contributed by atoms with Crippen LogP contribution in [0.4, 0.5) is 14.5 Å². The van der Waals surface area contributed by atoms with Crippen LogP contribution in [0.1, 0.15) is 18.4 Å². The number of benzene rings is 2. The van der Waals surface area contributed by atoms with E-state index in [2.05, 4.69) is 24.4 Å². The van der Waals surface area contributed by atoms with Crippen molar-refractivity contribution in [1.82, 2.24) is 0 Å². The van der Waals surface area contributed by atoms with Crippen LogP contribution in [0.3, 0.4) is 0 Å². The standard InChI is InChI=1S/C15H15F2N/c1-11(12-5-3-2-4-6-12)10-18-13-7-8-14(16)15(17)9-13/h2-9,11,18H,10H2,1H3. The lowest BCUT2D eigenvalue weighted by molar-refractivity contribution is 0.509. The van der Waals surface area contributed by atoms with E-state index in [0.29, 0.717) is 18.2 Å². The van der Waals surface area contributed by atoms with Crippen LogP contribution in [0.25, 0.3) is 0 Å². The van der Waals surface area contributed by atoms with E-state index in [1.807, 2.05) is 18.2 Å². The minimum Gasteiger partial charge on any atom is -0.384 e. The van der Waals surface area contributed by atoms with Crippen molar-refractivity contribution in [2.75, 3.05) is 11.9 Å². The third-order valence-corrected chi connectivity index (χ3v) is 2.90. The molecule has 0 aliphatic rings. The Morgan fingerprint density at radius 3 is 2.39 bits per heavy atom. The molecule has 3 heteroatoms. The molecule has 1 unspecified atom stereocenters. The smallest absolute Gasteiger partial charge is 0.160 e. The molecule has 0 aliphatic heterocycles. The minimum atomic E-state index is -0.827. The lowest BCUT2D eigenvalue weighted by atomic mass is 10.0. The molecular formula is C15H15F2N. The number of hydrogen-bond acceptors (Lipinski definition) is 1. The molecule has 2 aromatic carbocycles. The van der Waals surface area contributed by atoms with Gasteiger partial charge in [-0.25, -0.2) is 8.78 Å². The maximum atomic E-state index is 13.0. The Morgan fingerprint density at radius 1 is 1.00 bits per heavy atom. The molecule has 2 aromatic rings. The Morgan fingerprint density at radius 2 is 1.72 bits per heavy atom. The highest BCUT2D eigenvalue weighted by Crippen LogP contribution is 2.17. The van der Waals surface area contributed by atoms with Crippen LogP contribution in [-0.2, 0) is 0 Å². The molecule has 1 N–H and O–H groups in total. The summed E-state index contributed by atoms with van der Waals surface area (Å²) in [6.07, 6.45) is 0. The molecule has 18 heavy (non-hydrogen) atoms. The van der Waals surface area contributed by atoms with E-state index in [1.54, 1.807) is 0 Å². The van der Waals surface area contributed by atoms with Gasteiger partial charge in [0, 0.05) is 12.2 Å². The van der Waals surface area contributed by atoms with Crippen molar-refractivity contribution >= 4 is 5.69 Å². The second-order valence-electron chi connectivity index (χ2n) is 4.32. The summed E-state index contributed by atoms with van der Waals surface area (Å²) in [4.78, 5) is 0. The maximum absolute atomic E-state index is 13.0. The van der Waals surface area contributed by atoms with Crippen LogP contribution >= 0.6 is 0 Å². The molecule has 0 radical (unpaired) electrons. The van der Waals surface area contributed by atoms with Gasteiger partial charge in [0.15, 0.2) is 11.6 Å². The highest BCUT2D eigenvalue weighted by molar-refractivity contribution is 5.44. The van der Waals surface area contributed by atoms with E-state index in [-0.39, 0.29) is 0 Å². The van der Waals surface area contributed by atoms with Crippen molar-refractivity contribution < 1.29 is 8.78 Å². The molecule has 0 fully saturated rings. The lowest BCUT2D eigenvalue weighted by Crippen LogP contribution is -2.10. The third-order valence-electron chi connectivity index (χ3n) is 2.90. The quantitative estimate of drug-likeness (QED) is 0.854. The fourth-order valence-corrected chi connectivity index (χ4v) is 1.78. The first kappa shape index (κ1) is 12.6. The van der Waals surface area contributed by atoms with Crippen LogP contribution in [0.2, 0.25) is 0 Å². The van der Waals surface area contributed by atoms with Crippen molar-refractivity contribution in [3.8, 4) is 0 Å². The summed E-state index contributed by atoms with van der Waals surface area (Å²) in [5.74, 6) is -1.34. The van der Waals surface area contributed by atoms with Crippen molar-refractivity contribution in [2.24, 2.45) is 0 Å². The van der Waals surface area contributed by atoms with Gasteiger partial charge in [-0.2, -0.15) is 0 Å². The predicted octanol–water partition coefficient (Wildman–Crippen LogP) is 4.18. The Labute approximate surface area is 105 Å². The second kappa shape index (κ2) is 5.63. The Balaban J connectivity index is 1.97. The SMILES string of the molecule is CC(CNc1ccc(F)c(F)c1)c1ccccc1. The average Bonchev–Trinajstić information content (AvgIpc) is 2.41. The van der Waals surface area contributed by atoms with Crippen LogP contribution in [0, 0.1) is 11.6 Å². The van der Waals surface area contributed by atoms with E-state index >= 15 is 0 Å². The number of rotatable bonds is 4. The van der Waals surface area contributed by atoms with E-state index in [0.717, 1.165) is 6.07 Å². The summed E-state index contributed by atoms with van der Waals surface area (Å²) < 4.78 is 25.8. The summed E-state index contributed by atoms with van der Waals surface area (Å²) in [6, 6.07) is 13.9. The van der Waals surface area contributed by atoms with Crippen molar-refractivity contribution in [1.29, 1.82) is 0 Å². The molecule has 0 aromatic heterocycles. The van der Waals surface area contributed by atoms with Crippen molar-refractivity contribution in [3.05, 3.63) is 65.7 Å². The first-order valence-corrected chi connectivity index (χ1v) is 5.90. The monoisotopic (exact) mass is 247 g/mol. The summed E-state index contributed by atoms with van der Waals surface area (Å²) in [6.45, 7) is 2.76. The molecule has 0 aliphatic carbocycles. The van der Waals surface area contributed by atoms with Gasteiger partial charge in [-0.3, -0.25) is 0 Å². The number of anilines is 1. The fraction of sp³-hybridized carbons (Fsp3) is 0.200. The van der Waals surface area contributed by atoms with Gasteiger partial charge < -0.3 is 5.32 Å². The van der Waals surface area contributed by atoms with E-state index < -0.39 is 11.6 Å². The van der Waals surface area contributed by atoms with Gasteiger partial charge in [-0.1, -0.05) is 37.3 Å². The lowest BCUT2D eigenvalue weighted by Gasteiger charge is -2.14. The molecule has 0 saturated heterocycles. The molecule has 0 bridgehead atoms. The average molecular weight is 247 g/mol. The predicted molar refractivity (Wildman–Crippen MR) is 69.7 cm³/mol. The van der Waals surface area contributed by atoms with Crippen LogP contribution in [-0.4, -0.2) is 6.54 Å². The number of hydrogen-bond donors (Lipinski definition) is 1. The minimum absolute atomic E-state index is 0.305. The van der Waals surface area contributed by atoms with Gasteiger partial charge in [-0.05, 0) is 29.7 Å². The molecule has 0 spiro atoms. The Kier molecular flexibility index (Phi) is 3.92. The zero-order valence-electron chi connectivity index (χ0n) is 10.2. The number of nitrogens with one attached hydrogen (secondary N) is 1. The van der Waals surface area contributed by atoms with Gasteiger partial charge >= 0.3 is 0 Å². The van der Waals surface area contributed by atoms with E-state index in [4.69, 9.17) is 0 Å².